The van der Waals surface area contributed by atoms with Crippen LogP contribution in [0.4, 0.5) is 0 Å². The first-order chi connectivity index (χ1) is 15.1. The van der Waals surface area contributed by atoms with Gasteiger partial charge in [0.1, 0.15) is 28.1 Å². The highest BCUT2D eigenvalue weighted by Crippen LogP contribution is 2.54. The second kappa shape index (κ2) is 7.01. The van der Waals surface area contributed by atoms with Gasteiger partial charge in [-0.05, 0) is 39.3 Å². The van der Waals surface area contributed by atoms with Crippen molar-refractivity contribution in [3.8, 4) is 23.0 Å². The van der Waals surface area contributed by atoms with E-state index in [1.165, 1.54) is 33.1 Å². The van der Waals surface area contributed by atoms with Crippen molar-refractivity contribution in [2.45, 2.75) is 70.7 Å². The molecule has 33 heavy (non-hydrogen) atoms. The molecule has 1 aliphatic rings. The maximum atomic E-state index is 13.8. The van der Waals surface area contributed by atoms with Crippen molar-refractivity contribution in [2.75, 3.05) is 7.11 Å². The van der Waals surface area contributed by atoms with Crippen molar-refractivity contribution in [2.24, 2.45) is 0 Å². The van der Waals surface area contributed by atoms with Gasteiger partial charge in [0.2, 0.25) is 11.2 Å². The number of aromatic hydroxyl groups is 2. The highest BCUT2D eigenvalue weighted by Gasteiger charge is 2.50. The molecule has 0 fully saturated rings. The van der Waals surface area contributed by atoms with Gasteiger partial charge in [0.15, 0.2) is 11.3 Å². The van der Waals surface area contributed by atoms with Gasteiger partial charge in [-0.1, -0.05) is 13.8 Å². The van der Waals surface area contributed by atoms with Crippen LogP contribution in [0.3, 0.4) is 0 Å². The highest BCUT2D eigenvalue weighted by molar-refractivity contribution is 6.00. The zero-order chi connectivity index (χ0) is 24.7. The van der Waals surface area contributed by atoms with Crippen molar-refractivity contribution in [3.05, 3.63) is 33.5 Å². The Morgan fingerprint density at radius 1 is 1.06 bits per heavy atom. The lowest BCUT2D eigenvalue weighted by molar-refractivity contribution is -0.0468. The largest absolute Gasteiger partial charge is 0.507 e. The summed E-state index contributed by atoms with van der Waals surface area (Å²) in [6.07, 6.45) is -1.37. The Balaban J connectivity index is 2.17. The van der Waals surface area contributed by atoms with Gasteiger partial charge in [0.05, 0.1) is 24.2 Å². The van der Waals surface area contributed by atoms with Crippen LogP contribution in [0, 0.1) is 0 Å². The average molecular weight is 459 g/mol. The third-order valence-electron chi connectivity index (χ3n) is 7.11. The molecule has 4 rings (SSSR count). The molecule has 178 valence electrons. The summed E-state index contributed by atoms with van der Waals surface area (Å²) in [7, 11) is 1.34. The zero-order valence-electron chi connectivity index (χ0n) is 19.9. The fourth-order valence-corrected chi connectivity index (χ4v) is 4.39. The third-order valence-corrected chi connectivity index (χ3v) is 7.11. The molecule has 0 saturated carbocycles. The molecule has 0 bridgehead atoms. The Morgan fingerprint density at radius 3 is 2.27 bits per heavy atom. The molecule has 0 unspecified atom stereocenters. The van der Waals surface area contributed by atoms with Gasteiger partial charge in [-0.25, -0.2) is 0 Å². The SMILES string of the molecule is COc1c(O)cc(C[C@H](O)C(C)(C)O)c2c(=O)c3c(O)cc4c(c3oc12)C(C)(C)C(C)(C)O4. The molecule has 1 aliphatic heterocycles. The minimum Gasteiger partial charge on any atom is -0.507 e. The minimum atomic E-state index is -1.45. The molecule has 8 nitrogen and oxygen atoms in total. The number of ether oxygens (including phenoxy) is 2. The molecule has 0 saturated heterocycles. The zero-order valence-corrected chi connectivity index (χ0v) is 19.9. The molecule has 3 aromatic rings. The van der Waals surface area contributed by atoms with Gasteiger partial charge >= 0.3 is 0 Å². The van der Waals surface area contributed by atoms with Gasteiger partial charge in [-0.3, -0.25) is 4.79 Å². The van der Waals surface area contributed by atoms with Gasteiger partial charge in [0.25, 0.3) is 0 Å². The van der Waals surface area contributed by atoms with Crippen LogP contribution >= 0.6 is 0 Å². The fraction of sp³-hybridized carbons (Fsp3) is 0.480. The maximum absolute atomic E-state index is 13.8. The molecule has 0 amide bonds. The normalized spacial score (nSPS) is 17.7. The van der Waals surface area contributed by atoms with Gasteiger partial charge in [-0.2, -0.15) is 0 Å². The number of aliphatic hydroxyl groups excluding tert-OH is 1. The molecule has 0 aliphatic carbocycles. The molecule has 1 atom stereocenters. The van der Waals surface area contributed by atoms with Crippen LogP contribution in [0.15, 0.2) is 21.3 Å². The Bertz CT molecular complexity index is 1340. The lowest BCUT2D eigenvalue weighted by Crippen LogP contribution is -2.42. The summed E-state index contributed by atoms with van der Waals surface area (Å²) in [5, 5.41) is 42.1. The Hall–Kier alpha value is -2.97. The average Bonchev–Trinajstić information content (AvgIpc) is 2.84. The van der Waals surface area contributed by atoms with E-state index >= 15 is 0 Å². The summed E-state index contributed by atoms with van der Waals surface area (Å²) in [5.74, 6) is -0.208. The second-order valence-electron chi connectivity index (χ2n) is 10.3. The lowest BCUT2D eigenvalue weighted by Gasteiger charge is -2.33. The summed E-state index contributed by atoms with van der Waals surface area (Å²) in [5.41, 5.74) is -2.20. The van der Waals surface area contributed by atoms with Crippen LogP contribution < -0.4 is 14.9 Å². The molecule has 4 N–H and O–H groups in total. The number of aliphatic hydroxyl groups is 2. The summed E-state index contributed by atoms with van der Waals surface area (Å²) in [4.78, 5) is 13.8. The molecule has 8 heteroatoms. The Labute approximate surface area is 191 Å². The van der Waals surface area contributed by atoms with Crippen molar-refractivity contribution in [3.63, 3.8) is 0 Å². The summed E-state index contributed by atoms with van der Waals surface area (Å²) in [6, 6.07) is 2.72. The van der Waals surface area contributed by atoms with Crippen LogP contribution in [0.25, 0.3) is 21.9 Å². The smallest absolute Gasteiger partial charge is 0.204 e. The second-order valence-corrected chi connectivity index (χ2v) is 10.3. The first-order valence-corrected chi connectivity index (χ1v) is 10.8. The third kappa shape index (κ3) is 3.23. The number of phenols is 2. The standard InChI is InChI=1S/C25H30O8/c1-23(2)18-14(33-25(23,5)6)10-12(26)17-19(29)16-11(9-15(28)24(3,4)30)8-13(27)20(31-7)22(16)32-21(17)18/h8,10,15,26-28,30H,9H2,1-7H3/t15-/m0/s1. The van der Waals surface area contributed by atoms with Crippen LogP contribution in [0.5, 0.6) is 23.0 Å². The molecule has 0 spiro atoms. The molecule has 0 radical (unpaired) electrons. The van der Waals surface area contributed by atoms with Crippen LogP contribution in [0.1, 0.15) is 52.7 Å². The predicted molar refractivity (Wildman–Crippen MR) is 124 cm³/mol. The summed E-state index contributed by atoms with van der Waals surface area (Å²) in [6.45, 7) is 10.6. The van der Waals surface area contributed by atoms with Gasteiger partial charge in [0, 0.05) is 23.5 Å². The molecule has 2 heterocycles. The van der Waals surface area contributed by atoms with E-state index in [1.54, 1.807) is 0 Å². The molecule has 1 aromatic heterocycles. The summed E-state index contributed by atoms with van der Waals surface area (Å²) >= 11 is 0. The molecular formula is C25H30O8. The number of phenolic OH excluding ortho intramolecular Hbond substituents is 2. The van der Waals surface area contributed by atoms with E-state index in [4.69, 9.17) is 13.9 Å². The topological polar surface area (TPSA) is 130 Å². The molecular weight excluding hydrogens is 428 g/mol. The van der Waals surface area contributed by atoms with E-state index in [-0.39, 0.29) is 51.2 Å². The minimum absolute atomic E-state index is 0.0127. The predicted octanol–water partition coefficient (Wildman–Crippen LogP) is 3.49. The number of benzene rings is 2. The van der Waals surface area contributed by atoms with E-state index in [0.29, 0.717) is 11.3 Å². The van der Waals surface area contributed by atoms with Crippen molar-refractivity contribution >= 4 is 21.9 Å². The van der Waals surface area contributed by atoms with Crippen molar-refractivity contribution in [1.29, 1.82) is 0 Å². The first-order valence-electron chi connectivity index (χ1n) is 10.8. The van der Waals surface area contributed by atoms with Gasteiger partial charge in [-0.15, -0.1) is 0 Å². The first kappa shape index (κ1) is 23.2. The van der Waals surface area contributed by atoms with E-state index in [9.17, 15) is 25.2 Å². The van der Waals surface area contributed by atoms with E-state index in [0.717, 1.165) is 0 Å². The van der Waals surface area contributed by atoms with Crippen LogP contribution in [0.2, 0.25) is 0 Å². The van der Waals surface area contributed by atoms with Crippen LogP contribution in [-0.4, -0.2) is 44.8 Å². The summed E-state index contributed by atoms with van der Waals surface area (Å²) < 4.78 is 17.6. The highest BCUT2D eigenvalue weighted by atomic mass is 16.5. The Kier molecular flexibility index (Phi) is 4.93. The lowest BCUT2D eigenvalue weighted by atomic mass is 9.73. The number of hydrogen-bond donors (Lipinski definition) is 4. The molecule has 2 aromatic carbocycles. The quantitative estimate of drug-likeness (QED) is 0.437. The number of fused-ring (bicyclic) bond motifs is 4. The van der Waals surface area contributed by atoms with Crippen molar-refractivity contribution < 1.29 is 34.3 Å². The number of methoxy groups -OCH3 is 1. The number of hydrogen-bond acceptors (Lipinski definition) is 8. The van der Waals surface area contributed by atoms with E-state index in [2.05, 4.69) is 0 Å². The van der Waals surface area contributed by atoms with Crippen LogP contribution in [-0.2, 0) is 11.8 Å². The van der Waals surface area contributed by atoms with E-state index in [1.807, 2.05) is 27.7 Å². The van der Waals surface area contributed by atoms with Crippen molar-refractivity contribution in [1.82, 2.24) is 0 Å². The maximum Gasteiger partial charge on any atom is 0.204 e. The monoisotopic (exact) mass is 458 g/mol. The number of rotatable bonds is 4. The Morgan fingerprint density at radius 2 is 1.70 bits per heavy atom. The fourth-order valence-electron chi connectivity index (χ4n) is 4.39. The van der Waals surface area contributed by atoms with E-state index < -0.39 is 28.1 Å². The van der Waals surface area contributed by atoms with Gasteiger partial charge < -0.3 is 34.3 Å².